The highest BCUT2D eigenvalue weighted by Crippen LogP contribution is 2.38. The maximum atomic E-state index is 11.3. The van der Waals surface area contributed by atoms with Crippen molar-refractivity contribution < 1.29 is 14.3 Å². The summed E-state index contributed by atoms with van der Waals surface area (Å²) in [5.74, 6) is 1.40. The number of aromatic nitrogens is 1. The number of ether oxygens (including phenoxy) is 2. The molecule has 88 valence electrons. The van der Waals surface area contributed by atoms with Gasteiger partial charge in [-0.1, -0.05) is 18.3 Å². The Hall–Kier alpha value is -1.82. The normalized spacial score (nSPS) is 13.0. The third kappa shape index (κ3) is 1.80. The van der Waals surface area contributed by atoms with Crippen LogP contribution in [0.25, 0.3) is 10.2 Å². The van der Waals surface area contributed by atoms with Gasteiger partial charge in [-0.25, -0.2) is 4.98 Å². The minimum Gasteiger partial charge on any atom is -0.454 e. The first-order valence-corrected chi connectivity index (χ1v) is 6.08. The maximum Gasteiger partial charge on any atom is 0.231 e. The summed E-state index contributed by atoms with van der Waals surface area (Å²) in [6, 6.07) is 3.71. The molecular weight excluding hydrogens is 240 g/mol. The van der Waals surface area contributed by atoms with Crippen LogP contribution in [0, 0.1) is 0 Å². The van der Waals surface area contributed by atoms with Gasteiger partial charge in [0.15, 0.2) is 16.6 Å². The molecule has 1 aliphatic heterocycles. The number of thiazole rings is 1. The van der Waals surface area contributed by atoms with Crippen molar-refractivity contribution in [3.63, 3.8) is 0 Å². The molecule has 0 unspecified atom stereocenters. The highest BCUT2D eigenvalue weighted by Gasteiger charge is 2.16. The molecule has 0 bridgehead atoms. The molecule has 1 aromatic carbocycles. The summed E-state index contributed by atoms with van der Waals surface area (Å²) in [5, 5.41) is 3.35. The van der Waals surface area contributed by atoms with Gasteiger partial charge in [0.2, 0.25) is 12.7 Å². The Morgan fingerprint density at radius 1 is 1.47 bits per heavy atom. The van der Waals surface area contributed by atoms with E-state index < -0.39 is 0 Å². The number of anilines is 1. The molecule has 1 amide bonds. The standard InChI is InChI=1S/C11H10N2O3S/c1-2-10(14)13-11-12-6-3-7-8(16-5-15-7)4-9(6)17-11/h3-4H,2,5H2,1H3,(H,12,13,14). The lowest BCUT2D eigenvalue weighted by Crippen LogP contribution is -2.08. The molecule has 1 N–H and O–H groups in total. The topological polar surface area (TPSA) is 60.5 Å². The third-order valence-corrected chi connectivity index (χ3v) is 3.38. The van der Waals surface area contributed by atoms with E-state index in [9.17, 15) is 4.79 Å². The summed E-state index contributed by atoms with van der Waals surface area (Å²) >= 11 is 1.43. The van der Waals surface area contributed by atoms with Gasteiger partial charge in [-0.15, -0.1) is 0 Å². The first kappa shape index (κ1) is 10.3. The van der Waals surface area contributed by atoms with Gasteiger partial charge >= 0.3 is 0 Å². The monoisotopic (exact) mass is 250 g/mol. The Bertz CT molecular complexity index is 553. The molecule has 0 atom stereocenters. The molecule has 2 heterocycles. The van der Waals surface area contributed by atoms with E-state index in [0.29, 0.717) is 17.3 Å². The maximum absolute atomic E-state index is 11.3. The Balaban J connectivity index is 1.99. The fourth-order valence-corrected chi connectivity index (χ4v) is 2.47. The molecule has 0 saturated heterocycles. The van der Waals surface area contributed by atoms with E-state index in [4.69, 9.17) is 9.47 Å². The Kier molecular flexibility index (Phi) is 2.36. The van der Waals surface area contributed by atoms with Crippen LogP contribution < -0.4 is 14.8 Å². The van der Waals surface area contributed by atoms with Crippen molar-refractivity contribution in [3.05, 3.63) is 12.1 Å². The van der Waals surface area contributed by atoms with Crippen molar-refractivity contribution in [1.82, 2.24) is 4.98 Å². The summed E-state index contributed by atoms with van der Waals surface area (Å²) in [6.07, 6.45) is 0.443. The number of nitrogens with one attached hydrogen (secondary N) is 1. The van der Waals surface area contributed by atoms with Crippen molar-refractivity contribution in [2.45, 2.75) is 13.3 Å². The van der Waals surface area contributed by atoms with Gasteiger partial charge in [0.1, 0.15) is 0 Å². The van der Waals surface area contributed by atoms with Crippen LogP contribution >= 0.6 is 11.3 Å². The number of carbonyl (C=O) groups excluding carboxylic acids is 1. The highest BCUT2D eigenvalue weighted by molar-refractivity contribution is 7.22. The summed E-state index contributed by atoms with van der Waals surface area (Å²) in [5.41, 5.74) is 0.811. The molecule has 3 rings (SSSR count). The molecule has 6 heteroatoms. The van der Waals surface area contributed by atoms with Crippen LogP contribution in [-0.2, 0) is 4.79 Å². The number of amides is 1. The fraction of sp³-hybridized carbons (Fsp3) is 0.273. The minimum atomic E-state index is -0.0379. The van der Waals surface area contributed by atoms with Crippen LogP contribution in [0.1, 0.15) is 13.3 Å². The lowest BCUT2D eigenvalue weighted by molar-refractivity contribution is -0.115. The van der Waals surface area contributed by atoms with Crippen molar-refractivity contribution >= 4 is 32.6 Å². The lowest BCUT2D eigenvalue weighted by Gasteiger charge is -1.95. The molecule has 5 nitrogen and oxygen atoms in total. The van der Waals surface area contributed by atoms with E-state index in [-0.39, 0.29) is 12.7 Å². The van der Waals surface area contributed by atoms with Gasteiger partial charge < -0.3 is 14.8 Å². The molecule has 0 fully saturated rings. The van der Waals surface area contributed by atoms with Crippen LogP contribution in [0.15, 0.2) is 12.1 Å². The summed E-state index contributed by atoms with van der Waals surface area (Å²) in [7, 11) is 0. The van der Waals surface area contributed by atoms with Crippen molar-refractivity contribution in [2.24, 2.45) is 0 Å². The molecule has 2 aromatic rings. The average molecular weight is 250 g/mol. The zero-order valence-electron chi connectivity index (χ0n) is 9.15. The number of nitrogens with zero attached hydrogens (tertiary/aromatic N) is 1. The second-order valence-corrected chi connectivity index (χ2v) is 4.62. The van der Waals surface area contributed by atoms with E-state index >= 15 is 0 Å². The summed E-state index contributed by atoms with van der Waals surface area (Å²) < 4.78 is 11.5. The van der Waals surface area contributed by atoms with Crippen molar-refractivity contribution in [1.29, 1.82) is 0 Å². The van der Waals surface area contributed by atoms with Gasteiger partial charge in [0.05, 0.1) is 10.2 Å². The third-order valence-electron chi connectivity index (χ3n) is 2.45. The molecule has 1 aromatic heterocycles. The first-order chi connectivity index (χ1) is 8.26. The lowest BCUT2D eigenvalue weighted by atomic mass is 10.3. The van der Waals surface area contributed by atoms with Crippen molar-refractivity contribution in [3.8, 4) is 11.5 Å². The van der Waals surface area contributed by atoms with Crippen LogP contribution in [0.2, 0.25) is 0 Å². The number of fused-ring (bicyclic) bond motifs is 2. The van der Waals surface area contributed by atoms with E-state index in [1.165, 1.54) is 11.3 Å². The van der Waals surface area contributed by atoms with E-state index in [1.54, 1.807) is 6.92 Å². The van der Waals surface area contributed by atoms with Gasteiger partial charge in [0.25, 0.3) is 0 Å². The van der Waals surface area contributed by atoms with Crippen LogP contribution in [0.3, 0.4) is 0 Å². The summed E-state index contributed by atoms with van der Waals surface area (Å²) in [6.45, 7) is 2.06. The highest BCUT2D eigenvalue weighted by atomic mass is 32.1. The van der Waals surface area contributed by atoms with Gasteiger partial charge in [-0.2, -0.15) is 0 Å². The molecule has 0 spiro atoms. The van der Waals surface area contributed by atoms with Gasteiger partial charge in [-0.05, 0) is 0 Å². The number of carbonyl (C=O) groups is 1. The zero-order chi connectivity index (χ0) is 11.8. The van der Waals surface area contributed by atoms with Gasteiger partial charge in [0, 0.05) is 18.6 Å². The molecular formula is C11H10N2O3S. The number of benzene rings is 1. The Labute approximate surface area is 101 Å². The molecule has 17 heavy (non-hydrogen) atoms. The zero-order valence-corrected chi connectivity index (χ0v) is 9.97. The minimum absolute atomic E-state index is 0.0379. The SMILES string of the molecule is CCC(=O)Nc1nc2cc3c(cc2s1)OCO3. The second-order valence-electron chi connectivity index (χ2n) is 3.59. The quantitative estimate of drug-likeness (QED) is 0.888. The number of hydrogen-bond donors (Lipinski definition) is 1. The van der Waals surface area contributed by atoms with E-state index in [2.05, 4.69) is 10.3 Å². The summed E-state index contributed by atoms with van der Waals surface area (Å²) in [4.78, 5) is 15.6. The van der Waals surface area contributed by atoms with Gasteiger partial charge in [-0.3, -0.25) is 4.79 Å². The molecule has 0 radical (unpaired) electrons. The Morgan fingerprint density at radius 2 is 2.24 bits per heavy atom. The second kappa shape index (κ2) is 3.89. The predicted octanol–water partition coefficient (Wildman–Crippen LogP) is 2.37. The van der Waals surface area contributed by atoms with Crippen LogP contribution in [0.5, 0.6) is 11.5 Å². The fourth-order valence-electron chi connectivity index (χ4n) is 1.58. The number of hydrogen-bond acceptors (Lipinski definition) is 5. The predicted molar refractivity (Wildman–Crippen MR) is 64.7 cm³/mol. The van der Waals surface area contributed by atoms with E-state index in [1.807, 2.05) is 12.1 Å². The molecule has 1 aliphatic rings. The largest absolute Gasteiger partial charge is 0.454 e. The molecule has 0 aliphatic carbocycles. The van der Waals surface area contributed by atoms with Crippen molar-refractivity contribution in [2.75, 3.05) is 12.1 Å². The van der Waals surface area contributed by atoms with Crippen LogP contribution in [-0.4, -0.2) is 17.7 Å². The van der Waals surface area contributed by atoms with E-state index in [0.717, 1.165) is 16.0 Å². The molecule has 0 saturated carbocycles. The Morgan fingerprint density at radius 3 is 3.00 bits per heavy atom. The first-order valence-electron chi connectivity index (χ1n) is 5.26. The smallest absolute Gasteiger partial charge is 0.231 e. The number of rotatable bonds is 2. The van der Waals surface area contributed by atoms with Crippen LogP contribution in [0.4, 0.5) is 5.13 Å². The average Bonchev–Trinajstić information content (AvgIpc) is 2.90.